The molecule has 0 aromatic rings. The molecule has 0 bridgehead atoms. The zero-order valence-electron chi connectivity index (χ0n) is 10.1. The second-order valence-electron chi connectivity index (χ2n) is 5.20. The summed E-state index contributed by atoms with van der Waals surface area (Å²) >= 11 is 3.33. The normalized spacial score (nSPS) is 34.6. The highest BCUT2D eigenvalue weighted by molar-refractivity contribution is 9.09. The van der Waals surface area contributed by atoms with Crippen LogP contribution in [0.3, 0.4) is 0 Å². The van der Waals surface area contributed by atoms with Crippen LogP contribution >= 0.6 is 15.9 Å². The maximum Gasteiger partial charge on any atom is 0.233 e. The van der Waals surface area contributed by atoms with Gasteiger partial charge in [0, 0.05) is 12.1 Å². The maximum atomic E-state index is 12.0. The number of nitrogens with zero attached hydrogens (tertiary/aromatic N) is 1. The standard InChI is InChI=1S/C13H22BrNO/c1-2-11-8-10-6-4-3-5-7-12(10)15(11)13(16)9-14/h10-12H,2-9H2,1H3/t10-,11-,12+/m0/s1. The summed E-state index contributed by atoms with van der Waals surface area (Å²) in [6, 6.07) is 1.07. The number of carbonyl (C=O) groups is 1. The molecule has 2 nitrogen and oxygen atoms in total. The average molecular weight is 288 g/mol. The third-order valence-electron chi connectivity index (χ3n) is 4.32. The van der Waals surface area contributed by atoms with Crippen LogP contribution < -0.4 is 0 Å². The molecule has 1 saturated carbocycles. The second kappa shape index (κ2) is 5.52. The number of hydrogen-bond donors (Lipinski definition) is 0. The Balaban J connectivity index is 2.14. The molecule has 2 rings (SSSR count). The van der Waals surface area contributed by atoms with E-state index in [0.717, 1.165) is 12.3 Å². The van der Waals surface area contributed by atoms with E-state index < -0.39 is 0 Å². The summed E-state index contributed by atoms with van der Waals surface area (Å²) in [5, 5.41) is 0.493. The molecule has 2 aliphatic rings. The summed E-state index contributed by atoms with van der Waals surface area (Å²) in [5.74, 6) is 1.09. The zero-order chi connectivity index (χ0) is 11.5. The molecule has 1 aliphatic carbocycles. The zero-order valence-corrected chi connectivity index (χ0v) is 11.7. The van der Waals surface area contributed by atoms with Crippen molar-refractivity contribution in [2.24, 2.45) is 5.92 Å². The van der Waals surface area contributed by atoms with Gasteiger partial charge in [0.15, 0.2) is 0 Å². The molecule has 1 heterocycles. The molecule has 0 spiro atoms. The van der Waals surface area contributed by atoms with Crippen molar-refractivity contribution < 1.29 is 4.79 Å². The van der Waals surface area contributed by atoms with E-state index in [4.69, 9.17) is 0 Å². The Morgan fingerprint density at radius 2 is 2.06 bits per heavy atom. The number of amides is 1. The molecule has 1 saturated heterocycles. The highest BCUT2D eigenvalue weighted by Crippen LogP contribution is 2.39. The maximum absolute atomic E-state index is 12.0. The molecule has 16 heavy (non-hydrogen) atoms. The van der Waals surface area contributed by atoms with E-state index in [0.29, 0.717) is 23.3 Å². The quantitative estimate of drug-likeness (QED) is 0.714. The van der Waals surface area contributed by atoms with Gasteiger partial charge in [-0.1, -0.05) is 42.1 Å². The first-order valence-electron chi connectivity index (χ1n) is 6.65. The Labute approximate surface area is 107 Å². The number of carbonyl (C=O) groups excluding carboxylic acids is 1. The largest absolute Gasteiger partial charge is 0.336 e. The van der Waals surface area contributed by atoms with Crippen LogP contribution in [0.2, 0.25) is 0 Å². The predicted molar refractivity (Wildman–Crippen MR) is 69.7 cm³/mol. The number of fused-ring (bicyclic) bond motifs is 1. The fraction of sp³-hybridized carbons (Fsp3) is 0.923. The monoisotopic (exact) mass is 287 g/mol. The van der Waals surface area contributed by atoms with Crippen molar-refractivity contribution in [3.8, 4) is 0 Å². The van der Waals surface area contributed by atoms with Crippen molar-refractivity contribution in [3.63, 3.8) is 0 Å². The SMILES string of the molecule is CC[C@H]1C[C@@H]2CCCCC[C@H]2N1C(=O)CBr. The molecule has 3 atom stereocenters. The van der Waals surface area contributed by atoms with E-state index in [-0.39, 0.29) is 0 Å². The number of likely N-dealkylation sites (tertiary alicyclic amines) is 1. The van der Waals surface area contributed by atoms with E-state index >= 15 is 0 Å². The summed E-state index contributed by atoms with van der Waals surface area (Å²) in [6.45, 7) is 2.21. The van der Waals surface area contributed by atoms with Crippen LogP contribution in [-0.4, -0.2) is 28.2 Å². The first-order chi connectivity index (χ1) is 7.77. The molecule has 0 aromatic carbocycles. The fourth-order valence-corrected chi connectivity index (χ4v) is 3.85. The van der Waals surface area contributed by atoms with Gasteiger partial charge in [-0.25, -0.2) is 0 Å². The summed E-state index contributed by atoms with van der Waals surface area (Å²) in [5.41, 5.74) is 0. The van der Waals surface area contributed by atoms with E-state index in [9.17, 15) is 4.79 Å². The van der Waals surface area contributed by atoms with Gasteiger partial charge in [-0.05, 0) is 31.6 Å². The first-order valence-corrected chi connectivity index (χ1v) is 7.77. The van der Waals surface area contributed by atoms with Crippen LogP contribution in [0.4, 0.5) is 0 Å². The topological polar surface area (TPSA) is 20.3 Å². The molecular formula is C13H22BrNO. The highest BCUT2D eigenvalue weighted by Gasteiger charge is 2.42. The lowest BCUT2D eigenvalue weighted by molar-refractivity contribution is -0.131. The molecule has 0 radical (unpaired) electrons. The van der Waals surface area contributed by atoms with E-state index in [1.54, 1.807) is 0 Å². The molecule has 1 aliphatic heterocycles. The number of rotatable bonds is 2. The third-order valence-corrected chi connectivity index (χ3v) is 4.80. The van der Waals surface area contributed by atoms with Crippen molar-refractivity contribution in [2.45, 2.75) is 64.0 Å². The lowest BCUT2D eigenvalue weighted by Crippen LogP contribution is -2.42. The summed E-state index contributed by atoms with van der Waals surface area (Å²) < 4.78 is 0. The Morgan fingerprint density at radius 1 is 1.31 bits per heavy atom. The first kappa shape index (κ1) is 12.4. The molecular weight excluding hydrogens is 266 g/mol. The van der Waals surface area contributed by atoms with Crippen LogP contribution in [0.25, 0.3) is 0 Å². The van der Waals surface area contributed by atoms with Gasteiger partial charge in [0.1, 0.15) is 0 Å². The number of alkyl halides is 1. The van der Waals surface area contributed by atoms with Crippen LogP contribution in [0.15, 0.2) is 0 Å². The Kier molecular flexibility index (Phi) is 4.28. The minimum absolute atomic E-state index is 0.307. The predicted octanol–water partition coefficient (Wildman–Crippen LogP) is 3.34. The van der Waals surface area contributed by atoms with Crippen molar-refractivity contribution in [3.05, 3.63) is 0 Å². The summed E-state index contributed by atoms with van der Waals surface area (Å²) in [4.78, 5) is 14.2. The van der Waals surface area contributed by atoms with Crippen LogP contribution in [0.5, 0.6) is 0 Å². The lowest BCUT2D eigenvalue weighted by Gasteiger charge is -2.30. The molecule has 0 aromatic heterocycles. The van der Waals surface area contributed by atoms with E-state index in [2.05, 4.69) is 27.8 Å². The van der Waals surface area contributed by atoms with Crippen LogP contribution in [0, 0.1) is 5.92 Å². The van der Waals surface area contributed by atoms with Gasteiger partial charge >= 0.3 is 0 Å². The Hall–Kier alpha value is -0.0500. The van der Waals surface area contributed by atoms with Crippen molar-refractivity contribution in [1.29, 1.82) is 0 Å². The number of halogens is 1. The second-order valence-corrected chi connectivity index (χ2v) is 5.76. The van der Waals surface area contributed by atoms with Gasteiger partial charge in [-0.3, -0.25) is 4.79 Å². The molecule has 0 unspecified atom stereocenters. The lowest BCUT2D eigenvalue weighted by atomic mass is 9.94. The van der Waals surface area contributed by atoms with Crippen LogP contribution in [-0.2, 0) is 4.79 Å². The van der Waals surface area contributed by atoms with Gasteiger partial charge in [-0.15, -0.1) is 0 Å². The van der Waals surface area contributed by atoms with Gasteiger partial charge in [0.05, 0.1) is 5.33 Å². The molecule has 1 amide bonds. The van der Waals surface area contributed by atoms with Crippen molar-refractivity contribution >= 4 is 21.8 Å². The minimum Gasteiger partial charge on any atom is -0.336 e. The Bertz CT molecular complexity index is 256. The van der Waals surface area contributed by atoms with E-state index in [1.165, 1.54) is 38.5 Å². The number of hydrogen-bond acceptors (Lipinski definition) is 1. The van der Waals surface area contributed by atoms with Crippen molar-refractivity contribution in [1.82, 2.24) is 4.90 Å². The molecule has 0 N–H and O–H groups in total. The summed E-state index contributed by atoms with van der Waals surface area (Å²) in [6.07, 6.45) is 8.98. The van der Waals surface area contributed by atoms with Crippen molar-refractivity contribution in [2.75, 3.05) is 5.33 Å². The highest BCUT2D eigenvalue weighted by atomic mass is 79.9. The summed E-state index contributed by atoms with van der Waals surface area (Å²) in [7, 11) is 0. The van der Waals surface area contributed by atoms with Gasteiger partial charge < -0.3 is 4.90 Å². The average Bonchev–Trinajstić information content (AvgIpc) is 2.50. The fourth-order valence-electron chi connectivity index (χ4n) is 3.56. The molecule has 3 heteroatoms. The molecule has 2 fully saturated rings. The smallest absolute Gasteiger partial charge is 0.233 e. The third kappa shape index (κ3) is 2.29. The minimum atomic E-state index is 0.307. The van der Waals surface area contributed by atoms with Gasteiger partial charge in [0.25, 0.3) is 0 Å². The van der Waals surface area contributed by atoms with Gasteiger partial charge in [-0.2, -0.15) is 0 Å². The van der Waals surface area contributed by atoms with E-state index in [1.807, 2.05) is 0 Å². The Morgan fingerprint density at radius 3 is 2.75 bits per heavy atom. The van der Waals surface area contributed by atoms with Crippen LogP contribution in [0.1, 0.15) is 51.9 Å². The van der Waals surface area contributed by atoms with Gasteiger partial charge in [0.2, 0.25) is 5.91 Å². The molecule has 92 valence electrons.